The van der Waals surface area contributed by atoms with E-state index < -0.39 is 11.9 Å². The molecule has 15 heavy (non-hydrogen) atoms. The minimum absolute atomic E-state index is 0.0912. The number of thioether (sulfide) groups is 1. The fourth-order valence-electron chi connectivity index (χ4n) is 1.47. The predicted molar refractivity (Wildman–Crippen MR) is 59.9 cm³/mol. The minimum atomic E-state index is -0.850. The highest BCUT2D eigenvalue weighted by molar-refractivity contribution is 7.98. The normalized spacial score (nSPS) is 23.5. The first kappa shape index (κ1) is 12.4. The number of carbonyl (C=O) groups is 2. The van der Waals surface area contributed by atoms with E-state index in [1.165, 1.54) is 0 Å². The first-order chi connectivity index (χ1) is 7.16. The molecule has 0 aromatic rings. The monoisotopic (exact) mass is 231 g/mol. The van der Waals surface area contributed by atoms with E-state index in [1.54, 1.807) is 11.8 Å². The summed E-state index contributed by atoms with van der Waals surface area (Å²) in [5, 5.41) is 11.4. The summed E-state index contributed by atoms with van der Waals surface area (Å²) in [7, 11) is 0. The van der Waals surface area contributed by atoms with Crippen molar-refractivity contribution in [2.75, 3.05) is 18.6 Å². The lowest BCUT2D eigenvalue weighted by Gasteiger charge is -2.03. The zero-order chi connectivity index (χ0) is 11.3. The van der Waals surface area contributed by atoms with Crippen LogP contribution >= 0.6 is 11.8 Å². The average Bonchev–Trinajstić information content (AvgIpc) is 2.96. The van der Waals surface area contributed by atoms with Crippen LogP contribution in [-0.2, 0) is 9.59 Å². The summed E-state index contributed by atoms with van der Waals surface area (Å²) in [4.78, 5) is 21.9. The van der Waals surface area contributed by atoms with E-state index in [1.807, 2.05) is 0 Å². The van der Waals surface area contributed by atoms with E-state index in [-0.39, 0.29) is 11.8 Å². The molecular formula is C10H17NO3S. The van der Waals surface area contributed by atoms with Gasteiger partial charge in [0.15, 0.2) is 0 Å². The number of unbranched alkanes of at least 4 members (excludes halogenated alkanes) is 1. The molecule has 0 aromatic heterocycles. The van der Waals surface area contributed by atoms with Crippen molar-refractivity contribution in [3.05, 3.63) is 0 Å². The standard InChI is InChI=1S/C10H17NO3S/c1-15-5-3-2-4-11-9(12)7-6-8(7)10(13)14/h7-8H,2-6H2,1H3,(H,11,12)(H,13,14)/t7-,8-/m0/s1. The lowest BCUT2D eigenvalue weighted by molar-refractivity contribution is -0.140. The Balaban J connectivity index is 2.03. The topological polar surface area (TPSA) is 66.4 Å². The number of nitrogens with one attached hydrogen (secondary N) is 1. The van der Waals surface area contributed by atoms with Crippen molar-refractivity contribution in [1.82, 2.24) is 5.32 Å². The number of rotatable bonds is 7. The smallest absolute Gasteiger partial charge is 0.307 e. The Kier molecular flexibility index (Phi) is 4.94. The maximum atomic E-state index is 11.4. The summed E-state index contributed by atoms with van der Waals surface area (Å²) in [5.41, 5.74) is 0. The van der Waals surface area contributed by atoms with Crippen LogP contribution in [-0.4, -0.2) is 35.5 Å². The SMILES string of the molecule is CSCCCCNC(=O)[C@H]1C[C@@H]1C(=O)O. The van der Waals surface area contributed by atoms with Crippen LogP contribution in [0.1, 0.15) is 19.3 Å². The molecule has 0 saturated heterocycles. The van der Waals surface area contributed by atoms with Gasteiger partial charge in [-0.1, -0.05) is 0 Å². The van der Waals surface area contributed by atoms with Crippen LogP contribution < -0.4 is 5.32 Å². The highest BCUT2D eigenvalue weighted by Gasteiger charge is 2.48. The molecule has 2 N–H and O–H groups in total. The van der Waals surface area contributed by atoms with E-state index >= 15 is 0 Å². The van der Waals surface area contributed by atoms with Crippen molar-refractivity contribution in [3.8, 4) is 0 Å². The molecule has 1 rings (SSSR count). The maximum Gasteiger partial charge on any atom is 0.307 e. The molecule has 0 aliphatic heterocycles. The first-order valence-corrected chi connectivity index (χ1v) is 6.55. The van der Waals surface area contributed by atoms with Crippen LogP contribution in [0.15, 0.2) is 0 Å². The lowest BCUT2D eigenvalue weighted by atomic mass is 10.3. The van der Waals surface area contributed by atoms with Crippen molar-refractivity contribution in [2.45, 2.75) is 19.3 Å². The van der Waals surface area contributed by atoms with Gasteiger partial charge >= 0.3 is 5.97 Å². The summed E-state index contributed by atoms with van der Waals surface area (Å²) < 4.78 is 0. The maximum absolute atomic E-state index is 11.4. The molecule has 1 aliphatic carbocycles. The number of aliphatic carboxylic acids is 1. The van der Waals surface area contributed by atoms with Gasteiger partial charge in [-0.3, -0.25) is 9.59 Å². The van der Waals surface area contributed by atoms with E-state index in [4.69, 9.17) is 5.11 Å². The van der Waals surface area contributed by atoms with E-state index in [2.05, 4.69) is 11.6 Å². The third kappa shape index (κ3) is 4.11. The van der Waals surface area contributed by atoms with E-state index in [9.17, 15) is 9.59 Å². The van der Waals surface area contributed by atoms with Gasteiger partial charge in [0.25, 0.3) is 0 Å². The Bertz CT molecular complexity index is 245. The summed E-state index contributed by atoms with van der Waals surface area (Å²) >= 11 is 1.79. The van der Waals surface area contributed by atoms with Gasteiger partial charge in [0.05, 0.1) is 11.8 Å². The number of carbonyl (C=O) groups excluding carboxylic acids is 1. The summed E-state index contributed by atoms with van der Waals surface area (Å²) in [6, 6.07) is 0. The van der Waals surface area contributed by atoms with Crippen molar-refractivity contribution in [1.29, 1.82) is 0 Å². The molecular weight excluding hydrogens is 214 g/mol. The van der Waals surface area contributed by atoms with Gasteiger partial charge < -0.3 is 10.4 Å². The largest absolute Gasteiger partial charge is 0.481 e. The molecule has 86 valence electrons. The highest BCUT2D eigenvalue weighted by atomic mass is 32.2. The molecule has 0 spiro atoms. The lowest BCUT2D eigenvalue weighted by Crippen LogP contribution is -2.27. The van der Waals surface area contributed by atoms with Crippen molar-refractivity contribution in [2.24, 2.45) is 11.8 Å². The Morgan fingerprint density at radius 3 is 2.67 bits per heavy atom. The van der Waals surface area contributed by atoms with Crippen molar-refractivity contribution < 1.29 is 14.7 Å². The molecule has 0 aromatic carbocycles. The average molecular weight is 231 g/mol. The Morgan fingerprint density at radius 1 is 1.40 bits per heavy atom. The van der Waals surface area contributed by atoms with E-state index in [0.29, 0.717) is 13.0 Å². The van der Waals surface area contributed by atoms with Crippen LogP contribution in [0, 0.1) is 11.8 Å². The molecule has 1 aliphatic rings. The molecule has 5 heteroatoms. The van der Waals surface area contributed by atoms with Gasteiger partial charge in [0.1, 0.15) is 0 Å². The summed E-state index contributed by atoms with van der Waals surface area (Å²) in [5.74, 6) is -0.542. The zero-order valence-corrected chi connectivity index (χ0v) is 9.68. The summed E-state index contributed by atoms with van der Waals surface area (Å²) in [6.07, 6.45) is 4.62. The van der Waals surface area contributed by atoms with Crippen LogP contribution in [0.5, 0.6) is 0 Å². The number of hydrogen-bond acceptors (Lipinski definition) is 3. The van der Waals surface area contributed by atoms with Gasteiger partial charge in [-0.2, -0.15) is 11.8 Å². The number of amides is 1. The van der Waals surface area contributed by atoms with E-state index in [0.717, 1.165) is 18.6 Å². The quantitative estimate of drug-likeness (QED) is 0.641. The van der Waals surface area contributed by atoms with Gasteiger partial charge in [-0.05, 0) is 31.3 Å². The second kappa shape index (κ2) is 6.00. The fraction of sp³-hybridized carbons (Fsp3) is 0.800. The highest BCUT2D eigenvalue weighted by Crippen LogP contribution is 2.38. The molecule has 1 saturated carbocycles. The Hall–Kier alpha value is -0.710. The van der Waals surface area contributed by atoms with Gasteiger partial charge in [0, 0.05) is 6.54 Å². The second-order valence-corrected chi connectivity index (χ2v) is 4.76. The zero-order valence-electron chi connectivity index (χ0n) is 8.86. The molecule has 0 radical (unpaired) electrons. The van der Waals surface area contributed by atoms with Crippen molar-refractivity contribution >= 4 is 23.6 Å². The molecule has 0 bridgehead atoms. The second-order valence-electron chi connectivity index (χ2n) is 3.78. The van der Waals surface area contributed by atoms with Crippen LogP contribution in [0.3, 0.4) is 0 Å². The van der Waals surface area contributed by atoms with Crippen LogP contribution in [0.25, 0.3) is 0 Å². The fourth-order valence-corrected chi connectivity index (χ4v) is 1.96. The third-order valence-corrected chi connectivity index (χ3v) is 3.22. The summed E-state index contributed by atoms with van der Waals surface area (Å²) in [6.45, 7) is 0.669. The van der Waals surface area contributed by atoms with Gasteiger partial charge in [-0.25, -0.2) is 0 Å². The van der Waals surface area contributed by atoms with Gasteiger partial charge in [0.2, 0.25) is 5.91 Å². The Labute approximate surface area is 93.8 Å². The Morgan fingerprint density at radius 2 is 2.13 bits per heavy atom. The minimum Gasteiger partial charge on any atom is -0.481 e. The van der Waals surface area contributed by atoms with Crippen molar-refractivity contribution in [3.63, 3.8) is 0 Å². The first-order valence-electron chi connectivity index (χ1n) is 5.16. The molecule has 1 fully saturated rings. The van der Waals surface area contributed by atoms with Gasteiger partial charge in [-0.15, -0.1) is 0 Å². The number of carboxylic acid groups (broad SMARTS) is 1. The number of carboxylic acids is 1. The van der Waals surface area contributed by atoms with Crippen LogP contribution in [0.4, 0.5) is 0 Å². The number of hydrogen-bond donors (Lipinski definition) is 2. The molecule has 0 unspecified atom stereocenters. The molecule has 0 heterocycles. The molecule has 4 nitrogen and oxygen atoms in total. The third-order valence-electron chi connectivity index (χ3n) is 2.52. The van der Waals surface area contributed by atoms with Crippen LogP contribution in [0.2, 0.25) is 0 Å². The molecule has 2 atom stereocenters. The predicted octanol–water partition coefficient (Wildman–Crippen LogP) is 0.967. The molecule has 1 amide bonds.